The molecule has 0 spiro atoms. The Balaban J connectivity index is 2.81. The molecule has 0 saturated carbocycles. The third-order valence-corrected chi connectivity index (χ3v) is 2.08. The molecular formula is C9H7NS. The first kappa shape index (κ1) is 6.68. The maximum absolute atomic E-state index is 4.29. The van der Waals surface area contributed by atoms with Gasteiger partial charge in [0.1, 0.15) is 0 Å². The number of hydrogen-bond acceptors (Lipinski definition) is 2. The summed E-state index contributed by atoms with van der Waals surface area (Å²) in [5.41, 5.74) is 0. The van der Waals surface area contributed by atoms with Crippen LogP contribution in [0.25, 0.3) is 6.08 Å². The van der Waals surface area contributed by atoms with Crippen molar-refractivity contribution >= 4 is 18.0 Å². The Morgan fingerprint density at radius 1 is 1.18 bits per heavy atom. The Morgan fingerprint density at radius 2 is 2.09 bits per heavy atom. The molecule has 0 atom stereocenters. The van der Waals surface area contributed by atoms with Gasteiger partial charge in [0.05, 0.1) is 5.36 Å². The van der Waals surface area contributed by atoms with E-state index in [4.69, 9.17) is 0 Å². The minimum atomic E-state index is 1.06. The van der Waals surface area contributed by atoms with Crippen LogP contribution in [0.3, 0.4) is 0 Å². The molecule has 0 bridgehead atoms. The lowest BCUT2D eigenvalue weighted by Gasteiger charge is -1.83. The predicted octanol–water partition coefficient (Wildman–Crippen LogP) is 1.26. The SMILES string of the molecule is C1=CSN=c2ccccc2=C1. The van der Waals surface area contributed by atoms with Crippen LogP contribution in [0.1, 0.15) is 0 Å². The molecule has 1 aliphatic rings. The van der Waals surface area contributed by atoms with Crippen molar-refractivity contribution in [2.75, 3.05) is 0 Å². The number of allylic oxidation sites excluding steroid dienone is 1. The van der Waals surface area contributed by atoms with Crippen molar-refractivity contribution in [2.45, 2.75) is 0 Å². The molecule has 0 aromatic heterocycles. The third-order valence-electron chi connectivity index (χ3n) is 1.50. The van der Waals surface area contributed by atoms with E-state index in [2.05, 4.69) is 16.5 Å². The van der Waals surface area contributed by atoms with Crippen molar-refractivity contribution < 1.29 is 0 Å². The summed E-state index contributed by atoms with van der Waals surface area (Å²) in [4.78, 5) is 0. The second-order valence-electron chi connectivity index (χ2n) is 2.25. The van der Waals surface area contributed by atoms with Crippen LogP contribution < -0.4 is 10.6 Å². The highest BCUT2D eigenvalue weighted by Gasteiger charge is 1.86. The fraction of sp³-hybridized carbons (Fsp3) is 0. The predicted molar refractivity (Wildman–Crippen MR) is 48.4 cm³/mol. The Labute approximate surface area is 69.3 Å². The van der Waals surface area contributed by atoms with Crippen LogP contribution in [0.5, 0.6) is 0 Å². The summed E-state index contributed by atoms with van der Waals surface area (Å²) < 4.78 is 4.29. The van der Waals surface area contributed by atoms with E-state index >= 15 is 0 Å². The fourth-order valence-corrected chi connectivity index (χ4v) is 1.47. The van der Waals surface area contributed by atoms with Crippen LogP contribution in [0.15, 0.2) is 40.1 Å². The number of nitrogens with zero attached hydrogens (tertiary/aromatic N) is 1. The van der Waals surface area contributed by atoms with Gasteiger partial charge >= 0.3 is 0 Å². The van der Waals surface area contributed by atoms with E-state index in [9.17, 15) is 0 Å². The zero-order valence-corrected chi connectivity index (χ0v) is 6.71. The quantitative estimate of drug-likeness (QED) is 0.522. The lowest BCUT2D eigenvalue weighted by molar-refractivity contribution is 1.41. The Kier molecular flexibility index (Phi) is 1.78. The number of hydrogen-bond donors (Lipinski definition) is 0. The molecule has 1 aromatic carbocycles. The molecule has 0 fully saturated rings. The first-order valence-corrected chi connectivity index (χ1v) is 4.26. The summed E-state index contributed by atoms with van der Waals surface area (Å²) in [6.07, 6.45) is 4.08. The molecule has 0 N–H and O–H groups in total. The van der Waals surface area contributed by atoms with Gasteiger partial charge in [0, 0.05) is 17.2 Å². The maximum atomic E-state index is 4.29. The van der Waals surface area contributed by atoms with E-state index in [1.807, 2.05) is 29.7 Å². The highest BCUT2D eigenvalue weighted by atomic mass is 32.2. The summed E-state index contributed by atoms with van der Waals surface area (Å²) in [6.45, 7) is 0. The van der Waals surface area contributed by atoms with Crippen molar-refractivity contribution in [3.63, 3.8) is 0 Å². The largest absolute Gasteiger partial charge is 0.212 e. The molecule has 0 unspecified atom stereocenters. The average molecular weight is 161 g/mol. The summed E-state index contributed by atoms with van der Waals surface area (Å²) in [5.74, 6) is 0. The molecule has 2 heteroatoms. The molecular weight excluding hydrogens is 154 g/mol. The van der Waals surface area contributed by atoms with Gasteiger partial charge in [-0.3, -0.25) is 0 Å². The van der Waals surface area contributed by atoms with Crippen molar-refractivity contribution in [2.24, 2.45) is 4.40 Å². The van der Waals surface area contributed by atoms with Crippen molar-refractivity contribution in [3.8, 4) is 0 Å². The topological polar surface area (TPSA) is 12.4 Å². The van der Waals surface area contributed by atoms with E-state index in [0.717, 1.165) is 5.36 Å². The first-order valence-electron chi connectivity index (χ1n) is 3.42. The van der Waals surface area contributed by atoms with E-state index in [1.54, 1.807) is 0 Å². The smallest absolute Gasteiger partial charge is 0.0789 e. The second-order valence-corrected chi connectivity index (χ2v) is 2.92. The van der Waals surface area contributed by atoms with Gasteiger partial charge in [0.2, 0.25) is 0 Å². The van der Waals surface area contributed by atoms with Gasteiger partial charge in [-0.05, 0) is 11.5 Å². The third kappa shape index (κ3) is 1.35. The Bertz CT molecular complexity index is 392. The summed E-state index contributed by atoms with van der Waals surface area (Å²) in [7, 11) is 0. The fourth-order valence-electron chi connectivity index (χ4n) is 0.977. The van der Waals surface area contributed by atoms with Crippen LogP contribution in [0, 0.1) is 0 Å². The lowest BCUT2D eigenvalue weighted by atomic mass is 10.3. The minimum absolute atomic E-state index is 1.06. The van der Waals surface area contributed by atoms with Crippen LogP contribution in [0.4, 0.5) is 0 Å². The summed E-state index contributed by atoms with van der Waals surface area (Å²) in [6, 6.07) is 8.11. The molecule has 0 amide bonds. The summed E-state index contributed by atoms with van der Waals surface area (Å²) in [5, 5.41) is 4.22. The molecule has 0 aliphatic carbocycles. The van der Waals surface area contributed by atoms with E-state index in [1.165, 1.54) is 17.2 Å². The van der Waals surface area contributed by atoms with Gasteiger partial charge in [-0.2, -0.15) is 0 Å². The molecule has 1 heterocycles. The van der Waals surface area contributed by atoms with Gasteiger partial charge < -0.3 is 0 Å². The number of rotatable bonds is 0. The number of fused-ring (bicyclic) bond motifs is 1. The lowest BCUT2D eigenvalue weighted by Crippen LogP contribution is -2.22. The van der Waals surface area contributed by atoms with E-state index < -0.39 is 0 Å². The van der Waals surface area contributed by atoms with Gasteiger partial charge in [-0.15, -0.1) is 0 Å². The van der Waals surface area contributed by atoms with Crippen LogP contribution >= 0.6 is 11.9 Å². The minimum Gasteiger partial charge on any atom is -0.212 e. The van der Waals surface area contributed by atoms with Gasteiger partial charge in [-0.1, -0.05) is 30.4 Å². The van der Waals surface area contributed by atoms with Crippen LogP contribution in [-0.2, 0) is 0 Å². The maximum Gasteiger partial charge on any atom is 0.0789 e. The van der Waals surface area contributed by atoms with Crippen LogP contribution in [0.2, 0.25) is 0 Å². The normalized spacial score (nSPS) is 14.2. The monoisotopic (exact) mass is 161 g/mol. The van der Waals surface area contributed by atoms with Crippen molar-refractivity contribution in [1.29, 1.82) is 0 Å². The Morgan fingerprint density at radius 3 is 3.09 bits per heavy atom. The molecule has 0 radical (unpaired) electrons. The summed E-state index contributed by atoms with van der Waals surface area (Å²) >= 11 is 1.47. The highest BCUT2D eigenvalue weighted by Crippen LogP contribution is 2.02. The number of benzene rings is 1. The average Bonchev–Trinajstić information content (AvgIpc) is 2.28. The van der Waals surface area contributed by atoms with E-state index in [-0.39, 0.29) is 0 Å². The van der Waals surface area contributed by atoms with Gasteiger partial charge in [0.25, 0.3) is 0 Å². The van der Waals surface area contributed by atoms with Crippen molar-refractivity contribution in [1.82, 2.24) is 0 Å². The molecule has 54 valence electrons. The van der Waals surface area contributed by atoms with Crippen molar-refractivity contribution in [3.05, 3.63) is 46.3 Å². The second kappa shape index (κ2) is 2.93. The zero-order chi connectivity index (χ0) is 7.52. The zero-order valence-electron chi connectivity index (χ0n) is 5.90. The highest BCUT2D eigenvalue weighted by molar-refractivity contribution is 8.00. The molecule has 1 aliphatic heterocycles. The standard InChI is InChI=1S/C9H7NS/c1-2-6-9-8(4-1)5-3-7-11-10-9/h1-7H. The molecule has 2 rings (SSSR count). The molecule has 1 aromatic rings. The van der Waals surface area contributed by atoms with Gasteiger partial charge in [0.15, 0.2) is 0 Å². The van der Waals surface area contributed by atoms with Crippen LogP contribution in [-0.4, -0.2) is 0 Å². The molecule has 0 saturated heterocycles. The molecule has 11 heavy (non-hydrogen) atoms. The Hall–Kier alpha value is -1.02. The van der Waals surface area contributed by atoms with Gasteiger partial charge in [-0.25, -0.2) is 4.40 Å². The molecule has 1 nitrogen and oxygen atoms in total. The van der Waals surface area contributed by atoms with E-state index in [0.29, 0.717) is 0 Å². The first-order chi connectivity index (χ1) is 5.47.